The summed E-state index contributed by atoms with van der Waals surface area (Å²) in [6, 6.07) is 5.36. The van der Waals surface area contributed by atoms with E-state index >= 15 is 0 Å². The maximum atomic E-state index is 12.2. The molecule has 0 saturated heterocycles. The van der Waals surface area contributed by atoms with Crippen molar-refractivity contribution < 1.29 is 4.79 Å². The lowest BCUT2D eigenvalue weighted by molar-refractivity contribution is 0.0924. The molecule has 2 nitrogen and oxygen atoms in total. The van der Waals surface area contributed by atoms with Gasteiger partial charge in [0.2, 0.25) is 0 Å². The molecule has 0 aliphatic carbocycles. The van der Waals surface area contributed by atoms with Crippen LogP contribution in [0.15, 0.2) is 18.2 Å². The Morgan fingerprint density at radius 1 is 1.42 bits per heavy atom. The molecule has 0 bridgehead atoms. The van der Waals surface area contributed by atoms with Crippen LogP contribution in [0.25, 0.3) is 0 Å². The maximum Gasteiger partial charge on any atom is 0.178 e. The second-order valence-electron chi connectivity index (χ2n) is 4.59. The van der Waals surface area contributed by atoms with Gasteiger partial charge in [0, 0.05) is 16.6 Å². The molecule has 0 radical (unpaired) electrons. The molecule has 106 valence electrons. The van der Waals surface area contributed by atoms with E-state index in [4.69, 9.17) is 23.2 Å². The lowest BCUT2D eigenvalue weighted by atomic mass is 10.1. The third-order valence-corrected chi connectivity index (χ3v) is 4.31. The van der Waals surface area contributed by atoms with Crippen molar-refractivity contribution in [2.75, 3.05) is 25.6 Å². The lowest BCUT2D eigenvalue weighted by Gasteiger charge is -2.23. The van der Waals surface area contributed by atoms with Gasteiger partial charge in [-0.15, -0.1) is 0 Å². The molecular formula is C14H19Cl2NOS. The number of Topliss-reactive ketones (excluding diaryl/α,β-unsaturated/α-hetero) is 1. The summed E-state index contributed by atoms with van der Waals surface area (Å²) >= 11 is 13.7. The zero-order valence-corrected chi connectivity index (χ0v) is 13.8. The molecule has 0 aliphatic heterocycles. The first kappa shape index (κ1) is 16.8. The lowest BCUT2D eigenvalue weighted by Crippen LogP contribution is -2.34. The predicted molar refractivity (Wildman–Crippen MR) is 85.9 cm³/mol. The van der Waals surface area contributed by atoms with Crippen LogP contribution in [0, 0.1) is 0 Å². The summed E-state index contributed by atoms with van der Waals surface area (Å²) in [6.45, 7) is 2.50. The van der Waals surface area contributed by atoms with Crippen LogP contribution in [0.2, 0.25) is 10.0 Å². The van der Waals surface area contributed by atoms with Crippen molar-refractivity contribution in [3.8, 4) is 0 Å². The fraction of sp³-hybridized carbons (Fsp3) is 0.500. The van der Waals surface area contributed by atoms with E-state index in [-0.39, 0.29) is 5.78 Å². The average Bonchev–Trinajstić information content (AvgIpc) is 2.35. The van der Waals surface area contributed by atoms with Gasteiger partial charge in [0.25, 0.3) is 0 Å². The molecule has 1 rings (SSSR count). The number of carbonyl (C=O) groups is 1. The minimum Gasteiger partial charge on any atom is -0.296 e. The van der Waals surface area contributed by atoms with E-state index in [1.807, 2.05) is 18.8 Å². The van der Waals surface area contributed by atoms with Crippen LogP contribution in [0.1, 0.15) is 23.7 Å². The van der Waals surface area contributed by atoms with Gasteiger partial charge in [-0.25, -0.2) is 0 Å². The van der Waals surface area contributed by atoms with Gasteiger partial charge in [0.05, 0.1) is 11.6 Å². The van der Waals surface area contributed by atoms with E-state index in [1.54, 1.807) is 18.2 Å². The topological polar surface area (TPSA) is 20.3 Å². The van der Waals surface area contributed by atoms with Crippen molar-refractivity contribution in [3.63, 3.8) is 0 Å². The number of hydrogen-bond acceptors (Lipinski definition) is 3. The molecule has 0 saturated carbocycles. The Labute approximate surface area is 129 Å². The highest BCUT2D eigenvalue weighted by Crippen LogP contribution is 2.21. The highest BCUT2D eigenvalue weighted by Gasteiger charge is 2.16. The monoisotopic (exact) mass is 319 g/mol. The Kier molecular flexibility index (Phi) is 7.22. The number of halogens is 2. The number of likely N-dealkylation sites (N-methyl/N-ethyl adjacent to an activating group) is 1. The largest absolute Gasteiger partial charge is 0.296 e. The fourth-order valence-electron chi connectivity index (χ4n) is 1.69. The first-order chi connectivity index (χ1) is 8.95. The minimum atomic E-state index is 0.0279. The van der Waals surface area contributed by atoms with Crippen molar-refractivity contribution in [1.29, 1.82) is 0 Å². The molecule has 19 heavy (non-hydrogen) atoms. The molecule has 1 aromatic rings. The molecule has 0 aliphatic rings. The molecule has 1 aromatic carbocycles. The molecular weight excluding hydrogens is 301 g/mol. The van der Waals surface area contributed by atoms with Crippen molar-refractivity contribution in [2.24, 2.45) is 0 Å². The van der Waals surface area contributed by atoms with E-state index in [1.165, 1.54) is 0 Å². The molecule has 0 spiro atoms. The van der Waals surface area contributed by atoms with Crippen LogP contribution in [0.4, 0.5) is 0 Å². The van der Waals surface area contributed by atoms with Gasteiger partial charge in [-0.3, -0.25) is 9.69 Å². The van der Waals surface area contributed by atoms with Crippen molar-refractivity contribution >= 4 is 40.7 Å². The van der Waals surface area contributed by atoms with Gasteiger partial charge in [-0.05, 0) is 50.6 Å². The first-order valence-electron chi connectivity index (χ1n) is 6.13. The smallest absolute Gasteiger partial charge is 0.178 e. The number of benzene rings is 1. The summed E-state index contributed by atoms with van der Waals surface area (Å²) < 4.78 is 0. The Balaban J connectivity index is 2.63. The molecule has 0 amide bonds. The molecule has 0 fully saturated rings. The van der Waals surface area contributed by atoms with Crippen molar-refractivity contribution in [2.45, 2.75) is 19.4 Å². The quantitative estimate of drug-likeness (QED) is 0.701. The van der Waals surface area contributed by atoms with Gasteiger partial charge in [-0.2, -0.15) is 11.8 Å². The van der Waals surface area contributed by atoms with Gasteiger partial charge in [0.1, 0.15) is 0 Å². The Morgan fingerprint density at radius 2 is 2.11 bits per heavy atom. The summed E-state index contributed by atoms with van der Waals surface area (Å²) in [5.74, 6) is 1.13. The van der Waals surface area contributed by atoms with Crippen LogP contribution in [-0.4, -0.2) is 42.3 Å². The highest BCUT2D eigenvalue weighted by atomic mass is 35.5. The summed E-state index contributed by atoms with van der Waals surface area (Å²) in [7, 11) is 1.96. The minimum absolute atomic E-state index is 0.0279. The van der Waals surface area contributed by atoms with E-state index in [2.05, 4.69) is 18.1 Å². The van der Waals surface area contributed by atoms with Gasteiger partial charge < -0.3 is 0 Å². The van der Waals surface area contributed by atoms with Gasteiger partial charge >= 0.3 is 0 Å². The third-order valence-electron chi connectivity index (χ3n) is 3.12. The van der Waals surface area contributed by atoms with Gasteiger partial charge in [-0.1, -0.05) is 23.2 Å². The van der Waals surface area contributed by atoms with Crippen LogP contribution >= 0.6 is 35.0 Å². The number of hydrogen-bond donors (Lipinski definition) is 0. The second kappa shape index (κ2) is 8.15. The number of thioether (sulfide) groups is 1. The van der Waals surface area contributed by atoms with Crippen molar-refractivity contribution in [1.82, 2.24) is 4.90 Å². The first-order valence-corrected chi connectivity index (χ1v) is 8.28. The Morgan fingerprint density at radius 3 is 2.68 bits per heavy atom. The number of rotatable bonds is 7. The maximum absolute atomic E-state index is 12.2. The summed E-state index contributed by atoms with van der Waals surface area (Å²) in [4.78, 5) is 14.3. The molecule has 1 atom stereocenters. The molecule has 0 aromatic heterocycles. The van der Waals surface area contributed by atoms with E-state index < -0.39 is 0 Å². The second-order valence-corrected chi connectivity index (χ2v) is 6.42. The molecule has 5 heteroatoms. The zero-order valence-electron chi connectivity index (χ0n) is 11.5. The van der Waals surface area contributed by atoms with Gasteiger partial charge in [0.15, 0.2) is 5.78 Å². The molecule has 0 N–H and O–H groups in total. The number of nitrogens with zero attached hydrogens (tertiary/aromatic N) is 1. The Bertz CT molecular complexity index is 439. The standard InChI is InChI=1S/C14H19Cl2NOS/c1-10(6-7-19-3)17(2)9-14(18)12-5-4-11(15)8-13(12)16/h4-5,8,10H,6-7,9H2,1-3H3. The molecule has 1 unspecified atom stereocenters. The molecule has 0 heterocycles. The third kappa shape index (κ3) is 5.35. The van der Waals surface area contributed by atoms with Crippen LogP contribution in [-0.2, 0) is 0 Å². The average molecular weight is 320 g/mol. The SMILES string of the molecule is CSCCC(C)N(C)CC(=O)c1ccc(Cl)cc1Cl. The van der Waals surface area contributed by atoms with Crippen LogP contribution < -0.4 is 0 Å². The number of ketones is 1. The van der Waals surface area contributed by atoms with E-state index in [0.29, 0.717) is 28.2 Å². The normalized spacial score (nSPS) is 12.7. The summed E-state index contributed by atoms with van der Waals surface area (Å²) in [5, 5.41) is 0.964. The van der Waals surface area contributed by atoms with E-state index in [0.717, 1.165) is 12.2 Å². The zero-order chi connectivity index (χ0) is 14.4. The fourth-order valence-corrected chi connectivity index (χ4v) is 2.78. The summed E-state index contributed by atoms with van der Waals surface area (Å²) in [6.07, 6.45) is 3.16. The Hall–Kier alpha value is -0.220. The van der Waals surface area contributed by atoms with Crippen LogP contribution in [0.5, 0.6) is 0 Å². The van der Waals surface area contributed by atoms with Crippen LogP contribution in [0.3, 0.4) is 0 Å². The summed E-state index contributed by atoms with van der Waals surface area (Å²) in [5.41, 5.74) is 0.537. The highest BCUT2D eigenvalue weighted by molar-refractivity contribution is 7.98. The predicted octanol–water partition coefficient (Wildman–Crippen LogP) is 4.25. The van der Waals surface area contributed by atoms with Crippen molar-refractivity contribution in [3.05, 3.63) is 33.8 Å². The number of carbonyl (C=O) groups excluding carboxylic acids is 1. The van der Waals surface area contributed by atoms with E-state index in [9.17, 15) is 4.79 Å².